The second-order valence-corrected chi connectivity index (χ2v) is 4.97. The molecule has 2 aromatic rings. The van der Waals surface area contributed by atoms with E-state index in [0.717, 1.165) is 12.3 Å². The maximum Gasteiger partial charge on any atom is 0.0468 e. The number of rotatable bonds is 4. The lowest BCUT2D eigenvalue weighted by Gasteiger charge is -2.18. The summed E-state index contributed by atoms with van der Waals surface area (Å²) in [6.07, 6.45) is 3.89. The van der Waals surface area contributed by atoms with Gasteiger partial charge in [0.05, 0.1) is 0 Å². The average molecular weight is 226 g/mol. The third-order valence-corrected chi connectivity index (χ3v) is 3.67. The van der Waals surface area contributed by atoms with Crippen molar-refractivity contribution in [1.29, 1.82) is 0 Å². The van der Waals surface area contributed by atoms with Crippen LogP contribution in [-0.4, -0.2) is 0 Å². The van der Waals surface area contributed by atoms with Crippen LogP contribution < -0.4 is 11.3 Å². The minimum Gasteiger partial charge on any atom is -0.271 e. The van der Waals surface area contributed by atoms with Crippen molar-refractivity contribution < 1.29 is 0 Å². The van der Waals surface area contributed by atoms with E-state index in [9.17, 15) is 0 Å². The normalized spacial score (nSPS) is 17.2. The Morgan fingerprint density at radius 3 is 2.65 bits per heavy atom. The van der Waals surface area contributed by atoms with Crippen LogP contribution in [0.4, 0.5) is 0 Å². The number of fused-ring (bicyclic) bond motifs is 1. The summed E-state index contributed by atoms with van der Waals surface area (Å²) in [5, 5.41) is 2.61. The van der Waals surface area contributed by atoms with Crippen LogP contribution >= 0.6 is 0 Å². The zero-order valence-corrected chi connectivity index (χ0v) is 9.89. The summed E-state index contributed by atoms with van der Waals surface area (Å²) < 4.78 is 0. The van der Waals surface area contributed by atoms with E-state index in [4.69, 9.17) is 5.84 Å². The molecule has 0 amide bonds. The van der Waals surface area contributed by atoms with Gasteiger partial charge in [-0.3, -0.25) is 11.3 Å². The molecule has 1 aliphatic rings. The number of nitrogens with one attached hydrogen (secondary N) is 1. The van der Waals surface area contributed by atoms with Crippen molar-refractivity contribution in [3.05, 3.63) is 48.0 Å². The van der Waals surface area contributed by atoms with Crippen molar-refractivity contribution in [2.45, 2.75) is 25.3 Å². The number of nitrogens with two attached hydrogens (primary N) is 1. The van der Waals surface area contributed by atoms with Gasteiger partial charge in [0.1, 0.15) is 0 Å². The highest BCUT2D eigenvalue weighted by molar-refractivity contribution is 5.86. The second kappa shape index (κ2) is 4.47. The van der Waals surface area contributed by atoms with Crippen LogP contribution in [-0.2, 0) is 0 Å². The fourth-order valence-electron chi connectivity index (χ4n) is 2.53. The molecule has 3 rings (SSSR count). The van der Waals surface area contributed by atoms with E-state index in [-0.39, 0.29) is 6.04 Å². The van der Waals surface area contributed by atoms with Gasteiger partial charge in [0, 0.05) is 6.04 Å². The molecule has 0 heterocycles. The lowest BCUT2D eigenvalue weighted by atomic mass is 9.96. The van der Waals surface area contributed by atoms with Crippen LogP contribution in [0.15, 0.2) is 42.5 Å². The van der Waals surface area contributed by atoms with Crippen molar-refractivity contribution in [1.82, 2.24) is 5.43 Å². The fraction of sp³-hybridized carbons (Fsp3) is 0.333. The standard InChI is InChI=1S/C15H18N2/c16-17-15(10-11-8-9-11)14-7-3-5-12-4-1-2-6-13(12)14/h1-7,11,15,17H,8-10,16H2. The van der Waals surface area contributed by atoms with E-state index in [2.05, 4.69) is 47.9 Å². The molecule has 1 fully saturated rings. The Morgan fingerprint density at radius 2 is 1.88 bits per heavy atom. The summed E-state index contributed by atoms with van der Waals surface area (Å²) in [7, 11) is 0. The first kappa shape index (κ1) is 10.8. The molecule has 1 aliphatic carbocycles. The Labute approximate surface area is 102 Å². The molecule has 17 heavy (non-hydrogen) atoms. The van der Waals surface area contributed by atoms with Crippen molar-refractivity contribution in [2.75, 3.05) is 0 Å². The molecule has 88 valence electrons. The molecule has 1 unspecified atom stereocenters. The zero-order valence-electron chi connectivity index (χ0n) is 9.89. The molecule has 2 aromatic carbocycles. The highest BCUT2D eigenvalue weighted by Gasteiger charge is 2.26. The van der Waals surface area contributed by atoms with Crippen molar-refractivity contribution in [2.24, 2.45) is 11.8 Å². The van der Waals surface area contributed by atoms with Gasteiger partial charge in [-0.25, -0.2) is 0 Å². The molecule has 1 atom stereocenters. The Kier molecular flexibility index (Phi) is 2.83. The van der Waals surface area contributed by atoms with E-state index < -0.39 is 0 Å². The van der Waals surface area contributed by atoms with Crippen LogP contribution in [0.5, 0.6) is 0 Å². The first-order valence-corrected chi connectivity index (χ1v) is 6.32. The van der Waals surface area contributed by atoms with Gasteiger partial charge in [0.2, 0.25) is 0 Å². The number of hydrogen-bond donors (Lipinski definition) is 2. The van der Waals surface area contributed by atoms with Gasteiger partial charge in [-0.1, -0.05) is 55.3 Å². The quantitative estimate of drug-likeness (QED) is 0.621. The monoisotopic (exact) mass is 226 g/mol. The zero-order chi connectivity index (χ0) is 11.7. The Morgan fingerprint density at radius 1 is 1.12 bits per heavy atom. The first-order valence-electron chi connectivity index (χ1n) is 6.32. The second-order valence-electron chi connectivity index (χ2n) is 4.97. The Hall–Kier alpha value is -1.38. The molecule has 0 aliphatic heterocycles. The summed E-state index contributed by atoms with van der Waals surface area (Å²) in [4.78, 5) is 0. The predicted molar refractivity (Wildman–Crippen MR) is 71.4 cm³/mol. The lowest BCUT2D eigenvalue weighted by Crippen LogP contribution is -2.28. The van der Waals surface area contributed by atoms with Crippen LogP contribution in [0.25, 0.3) is 10.8 Å². The van der Waals surface area contributed by atoms with E-state index in [1.165, 1.54) is 29.2 Å². The third-order valence-electron chi connectivity index (χ3n) is 3.67. The smallest absolute Gasteiger partial charge is 0.0468 e. The van der Waals surface area contributed by atoms with Gasteiger partial charge in [-0.05, 0) is 28.7 Å². The van der Waals surface area contributed by atoms with Gasteiger partial charge in [0.15, 0.2) is 0 Å². The lowest BCUT2D eigenvalue weighted by molar-refractivity contribution is 0.490. The van der Waals surface area contributed by atoms with Gasteiger partial charge in [0.25, 0.3) is 0 Å². The predicted octanol–water partition coefficient (Wildman–Crippen LogP) is 3.14. The van der Waals surface area contributed by atoms with E-state index in [1.54, 1.807) is 0 Å². The van der Waals surface area contributed by atoms with Crippen LogP contribution in [0.1, 0.15) is 30.9 Å². The van der Waals surface area contributed by atoms with Crippen LogP contribution in [0, 0.1) is 5.92 Å². The van der Waals surface area contributed by atoms with E-state index in [1.807, 2.05) is 0 Å². The maximum absolute atomic E-state index is 5.72. The maximum atomic E-state index is 5.72. The molecular weight excluding hydrogens is 208 g/mol. The topological polar surface area (TPSA) is 38.0 Å². The Bertz CT molecular complexity index is 512. The number of hydrazine groups is 1. The summed E-state index contributed by atoms with van der Waals surface area (Å²) in [5.74, 6) is 6.59. The van der Waals surface area contributed by atoms with Crippen molar-refractivity contribution >= 4 is 10.8 Å². The minimum atomic E-state index is 0.286. The van der Waals surface area contributed by atoms with Gasteiger partial charge >= 0.3 is 0 Å². The third kappa shape index (κ3) is 2.19. The van der Waals surface area contributed by atoms with Gasteiger partial charge < -0.3 is 0 Å². The number of hydrogen-bond acceptors (Lipinski definition) is 2. The van der Waals surface area contributed by atoms with Crippen LogP contribution in [0.3, 0.4) is 0 Å². The molecule has 0 spiro atoms. The average Bonchev–Trinajstić information content (AvgIpc) is 3.19. The molecule has 2 nitrogen and oxygen atoms in total. The minimum absolute atomic E-state index is 0.286. The SMILES string of the molecule is NNC(CC1CC1)c1cccc2ccccc12. The first-order chi connectivity index (χ1) is 8.38. The van der Waals surface area contributed by atoms with Gasteiger partial charge in [-0.2, -0.15) is 0 Å². The van der Waals surface area contributed by atoms with Crippen molar-refractivity contribution in [3.8, 4) is 0 Å². The van der Waals surface area contributed by atoms with E-state index in [0.29, 0.717) is 0 Å². The summed E-state index contributed by atoms with van der Waals surface area (Å²) in [5.41, 5.74) is 4.31. The molecule has 1 saturated carbocycles. The summed E-state index contributed by atoms with van der Waals surface area (Å²) in [6, 6.07) is 15.3. The fourth-order valence-corrected chi connectivity index (χ4v) is 2.53. The molecule has 2 heteroatoms. The Balaban J connectivity index is 2.01. The molecular formula is C15H18N2. The molecule has 0 saturated heterocycles. The highest BCUT2D eigenvalue weighted by Crippen LogP contribution is 2.38. The van der Waals surface area contributed by atoms with Crippen LogP contribution in [0.2, 0.25) is 0 Å². The van der Waals surface area contributed by atoms with Crippen molar-refractivity contribution in [3.63, 3.8) is 0 Å². The summed E-state index contributed by atoms with van der Waals surface area (Å²) >= 11 is 0. The molecule has 0 radical (unpaired) electrons. The number of benzene rings is 2. The molecule has 3 N–H and O–H groups in total. The van der Waals surface area contributed by atoms with Gasteiger partial charge in [-0.15, -0.1) is 0 Å². The molecule has 0 bridgehead atoms. The largest absolute Gasteiger partial charge is 0.271 e. The van der Waals surface area contributed by atoms with E-state index >= 15 is 0 Å². The summed E-state index contributed by atoms with van der Waals surface area (Å²) in [6.45, 7) is 0. The highest BCUT2D eigenvalue weighted by atomic mass is 15.2. The molecule has 0 aromatic heterocycles.